The Morgan fingerprint density at radius 2 is 1.63 bits per heavy atom. The molecule has 0 aliphatic heterocycles. The van der Waals surface area contributed by atoms with Gasteiger partial charge in [-0.1, -0.05) is 29.3 Å². The van der Waals surface area contributed by atoms with Crippen molar-refractivity contribution in [3.63, 3.8) is 0 Å². The van der Waals surface area contributed by atoms with Crippen LogP contribution in [0.2, 0.25) is 10.0 Å². The highest BCUT2D eigenvalue weighted by atomic mass is 35.5. The molecular formula is C13H19Cl2N3O. The van der Waals surface area contributed by atoms with E-state index in [1.807, 2.05) is 38.0 Å². The van der Waals surface area contributed by atoms with Gasteiger partial charge in [-0.25, -0.2) is 4.99 Å². The topological polar surface area (TPSA) is 39.1 Å². The van der Waals surface area contributed by atoms with Crippen LogP contribution >= 0.6 is 23.2 Å². The van der Waals surface area contributed by atoms with Crippen molar-refractivity contribution < 1.29 is 5.11 Å². The van der Waals surface area contributed by atoms with Gasteiger partial charge in [0.2, 0.25) is 0 Å². The van der Waals surface area contributed by atoms with Gasteiger partial charge in [0.25, 0.3) is 0 Å². The van der Waals surface area contributed by atoms with Crippen molar-refractivity contribution in [1.29, 1.82) is 0 Å². The summed E-state index contributed by atoms with van der Waals surface area (Å²) in [5.41, 5.74) is 0.520. The van der Waals surface area contributed by atoms with Crippen molar-refractivity contribution in [2.45, 2.75) is 6.10 Å². The smallest absolute Gasteiger partial charge is 0.195 e. The molecule has 0 aliphatic rings. The van der Waals surface area contributed by atoms with E-state index in [4.69, 9.17) is 23.2 Å². The molecule has 0 bridgehead atoms. The van der Waals surface area contributed by atoms with Crippen LogP contribution in [0.5, 0.6) is 0 Å². The van der Waals surface area contributed by atoms with Gasteiger partial charge in [0.1, 0.15) is 6.10 Å². The lowest BCUT2D eigenvalue weighted by Crippen LogP contribution is -2.35. The lowest BCUT2D eigenvalue weighted by molar-refractivity contribution is 0.186. The van der Waals surface area contributed by atoms with Crippen LogP contribution in [0, 0.1) is 0 Å². The fourth-order valence-electron chi connectivity index (χ4n) is 1.77. The predicted octanol–water partition coefficient (Wildman–Crippen LogP) is 2.51. The van der Waals surface area contributed by atoms with Gasteiger partial charge in [-0.15, -0.1) is 0 Å². The summed E-state index contributed by atoms with van der Waals surface area (Å²) in [6.45, 7) is 0.204. The van der Waals surface area contributed by atoms with E-state index in [0.717, 1.165) is 5.96 Å². The number of aliphatic imine (C=N–C) groups is 1. The Morgan fingerprint density at radius 3 is 2.05 bits per heavy atom. The molecule has 0 fully saturated rings. The van der Waals surface area contributed by atoms with E-state index < -0.39 is 6.10 Å². The summed E-state index contributed by atoms with van der Waals surface area (Å²) in [5, 5.41) is 11.1. The van der Waals surface area contributed by atoms with Crippen LogP contribution in [0.15, 0.2) is 23.2 Å². The molecule has 0 aliphatic carbocycles. The molecular weight excluding hydrogens is 285 g/mol. The second kappa shape index (κ2) is 6.98. The third kappa shape index (κ3) is 4.27. The normalized spacial score (nSPS) is 11.9. The molecule has 0 aromatic heterocycles. The number of halogens is 2. The Morgan fingerprint density at radius 1 is 1.16 bits per heavy atom. The van der Waals surface area contributed by atoms with E-state index in [2.05, 4.69) is 4.99 Å². The van der Waals surface area contributed by atoms with Crippen LogP contribution in [-0.2, 0) is 0 Å². The van der Waals surface area contributed by atoms with Gasteiger partial charge in [-0.2, -0.15) is 0 Å². The van der Waals surface area contributed by atoms with Gasteiger partial charge < -0.3 is 14.9 Å². The average Bonchev–Trinajstić information content (AvgIpc) is 2.27. The Hall–Kier alpha value is -0.970. The van der Waals surface area contributed by atoms with Crippen molar-refractivity contribution in [3.8, 4) is 0 Å². The van der Waals surface area contributed by atoms with Crippen molar-refractivity contribution in [2.24, 2.45) is 4.99 Å². The van der Waals surface area contributed by atoms with E-state index >= 15 is 0 Å². The van der Waals surface area contributed by atoms with Crippen LogP contribution in [0.25, 0.3) is 0 Å². The zero-order valence-corrected chi connectivity index (χ0v) is 13.1. The van der Waals surface area contributed by atoms with Gasteiger partial charge in [-0.3, -0.25) is 0 Å². The van der Waals surface area contributed by atoms with Crippen LogP contribution in [-0.4, -0.2) is 55.6 Å². The van der Waals surface area contributed by atoms with Crippen molar-refractivity contribution in [2.75, 3.05) is 34.7 Å². The predicted molar refractivity (Wildman–Crippen MR) is 81.1 cm³/mol. The summed E-state index contributed by atoms with van der Waals surface area (Å²) in [7, 11) is 7.59. The molecule has 4 nitrogen and oxygen atoms in total. The molecule has 0 spiro atoms. The number of hydrogen-bond donors (Lipinski definition) is 1. The molecule has 19 heavy (non-hydrogen) atoms. The molecule has 1 aromatic rings. The Bertz CT molecular complexity index is 431. The molecule has 0 saturated heterocycles. The van der Waals surface area contributed by atoms with E-state index in [0.29, 0.717) is 15.6 Å². The van der Waals surface area contributed by atoms with Crippen LogP contribution in [0.4, 0.5) is 0 Å². The van der Waals surface area contributed by atoms with Gasteiger partial charge in [0, 0.05) is 43.8 Å². The zero-order valence-electron chi connectivity index (χ0n) is 11.6. The number of aliphatic hydroxyl groups excluding tert-OH is 1. The number of nitrogens with zero attached hydrogens (tertiary/aromatic N) is 3. The summed E-state index contributed by atoms with van der Waals surface area (Å²) in [5.74, 6) is 0.766. The lowest BCUT2D eigenvalue weighted by atomic mass is 10.1. The zero-order chi connectivity index (χ0) is 14.6. The van der Waals surface area contributed by atoms with Gasteiger partial charge in [-0.05, 0) is 12.1 Å². The minimum atomic E-state index is -0.823. The number of rotatable bonds is 3. The highest BCUT2D eigenvalue weighted by molar-refractivity contribution is 6.36. The molecule has 0 saturated carbocycles. The van der Waals surface area contributed by atoms with Gasteiger partial charge in [0.05, 0.1) is 6.54 Å². The third-order valence-corrected chi connectivity index (χ3v) is 3.20. The fraction of sp³-hybridized carbons (Fsp3) is 0.462. The largest absolute Gasteiger partial charge is 0.386 e. The summed E-state index contributed by atoms with van der Waals surface area (Å²) < 4.78 is 0. The molecule has 6 heteroatoms. The molecule has 1 atom stereocenters. The summed E-state index contributed by atoms with van der Waals surface area (Å²) >= 11 is 12.1. The van der Waals surface area contributed by atoms with Crippen LogP contribution < -0.4 is 0 Å². The summed E-state index contributed by atoms with van der Waals surface area (Å²) in [6, 6.07) is 5.15. The molecule has 0 heterocycles. The molecule has 1 N–H and O–H groups in total. The first-order valence-corrected chi connectivity index (χ1v) is 6.61. The maximum atomic E-state index is 10.2. The number of aliphatic hydroxyl groups is 1. The van der Waals surface area contributed by atoms with Crippen molar-refractivity contribution in [1.82, 2.24) is 9.80 Å². The summed E-state index contributed by atoms with van der Waals surface area (Å²) in [4.78, 5) is 8.13. The quantitative estimate of drug-likeness (QED) is 0.689. The number of benzene rings is 1. The second-order valence-electron chi connectivity index (χ2n) is 4.58. The first-order chi connectivity index (χ1) is 8.84. The maximum absolute atomic E-state index is 10.2. The Kier molecular flexibility index (Phi) is 5.91. The van der Waals surface area contributed by atoms with E-state index in [9.17, 15) is 5.11 Å². The summed E-state index contributed by atoms with van der Waals surface area (Å²) in [6.07, 6.45) is -0.823. The molecule has 0 amide bonds. The van der Waals surface area contributed by atoms with Crippen molar-refractivity contribution in [3.05, 3.63) is 33.8 Å². The van der Waals surface area contributed by atoms with E-state index in [1.54, 1.807) is 18.2 Å². The van der Waals surface area contributed by atoms with E-state index in [-0.39, 0.29) is 6.54 Å². The molecule has 0 radical (unpaired) electrons. The minimum Gasteiger partial charge on any atom is -0.386 e. The first kappa shape index (κ1) is 16.1. The van der Waals surface area contributed by atoms with Crippen molar-refractivity contribution >= 4 is 29.2 Å². The van der Waals surface area contributed by atoms with Crippen LogP contribution in [0.1, 0.15) is 11.7 Å². The van der Waals surface area contributed by atoms with Gasteiger partial charge >= 0.3 is 0 Å². The third-order valence-electron chi connectivity index (χ3n) is 2.54. The Labute approximate surface area is 124 Å². The fourth-order valence-corrected chi connectivity index (χ4v) is 2.42. The first-order valence-electron chi connectivity index (χ1n) is 5.85. The van der Waals surface area contributed by atoms with Crippen LogP contribution in [0.3, 0.4) is 0 Å². The minimum absolute atomic E-state index is 0.204. The highest BCUT2D eigenvalue weighted by Gasteiger charge is 2.15. The second-order valence-corrected chi connectivity index (χ2v) is 5.40. The average molecular weight is 304 g/mol. The highest BCUT2D eigenvalue weighted by Crippen LogP contribution is 2.30. The Balaban J connectivity index is 2.91. The lowest BCUT2D eigenvalue weighted by Gasteiger charge is -2.23. The maximum Gasteiger partial charge on any atom is 0.195 e. The molecule has 1 rings (SSSR count). The monoisotopic (exact) mass is 303 g/mol. The van der Waals surface area contributed by atoms with E-state index in [1.165, 1.54) is 0 Å². The molecule has 106 valence electrons. The standard InChI is InChI=1S/C13H19Cl2N3O/c1-17(2)13(18(3)4)16-8-11(19)12-9(14)6-5-7-10(12)15/h5-7,11,19H,8H2,1-4H3. The number of guanidine groups is 1. The number of hydrogen-bond acceptors (Lipinski definition) is 2. The van der Waals surface area contributed by atoms with Gasteiger partial charge in [0.15, 0.2) is 5.96 Å². The molecule has 1 aromatic carbocycles. The molecule has 1 unspecified atom stereocenters. The SMILES string of the molecule is CN(C)C(=NCC(O)c1c(Cl)cccc1Cl)N(C)C.